The second kappa shape index (κ2) is 6.53. The monoisotopic (exact) mass is 299 g/mol. The number of benzene rings is 1. The quantitative estimate of drug-likeness (QED) is 0.832. The Hall–Kier alpha value is -0.380. The predicted molar refractivity (Wildman–Crippen MR) is 76.3 cm³/mol. The molecule has 0 bridgehead atoms. The molecule has 1 aromatic rings. The Balaban J connectivity index is 2.33. The van der Waals surface area contributed by atoms with E-state index in [4.69, 9.17) is 4.74 Å². The molecule has 0 saturated carbocycles. The fourth-order valence-electron chi connectivity index (χ4n) is 1.53. The molecule has 0 fully saturated rings. The van der Waals surface area contributed by atoms with Gasteiger partial charge in [0.15, 0.2) is 0 Å². The van der Waals surface area contributed by atoms with Crippen LogP contribution in [-0.4, -0.2) is 18.8 Å². The molecule has 1 rings (SSSR count). The maximum absolute atomic E-state index is 5.67. The number of nitrogens with one attached hydrogen (secondary N) is 1. The van der Waals surface area contributed by atoms with Crippen LogP contribution in [0.25, 0.3) is 0 Å². The number of hydrogen-bond acceptors (Lipinski definition) is 2. The Morgan fingerprint density at radius 3 is 2.65 bits per heavy atom. The van der Waals surface area contributed by atoms with Crippen molar-refractivity contribution in [2.45, 2.75) is 39.3 Å². The molecule has 1 aromatic carbocycles. The van der Waals surface area contributed by atoms with Crippen molar-refractivity contribution in [2.24, 2.45) is 0 Å². The van der Waals surface area contributed by atoms with Gasteiger partial charge in [-0.05, 0) is 45.4 Å². The van der Waals surface area contributed by atoms with Gasteiger partial charge in [0.05, 0.1) is 12.2 Å². The Bertz CT molecular complexity index is 346. The zero-order valence-corrected chi connectivity index (χ0v) is 12.7. The molecule has 1 N–H and O–H groups in total. The van der Waals surface area contributed by atoms with Crippen LogP contribution in [0.4, 0.5) is 0 Å². The van der Waals surface area contributed by atoms with Gasteiger partial charge in [-0.2, -0.15) is 0 Å². The second-order valence-electron chi connectivity index (χ2n) is 5.19. The molecule has 0 radical (unpaired) electrons. The first-order valence-electron chi connectivity index (χ1n) is 6.01. The minimum absolute atomic E-state index is 0.0549. The number of halogens is 1. The van der Waals surface area contributed by atoms with E-state index in [0.717, 1.165) is 17.6 Å². The predicted octanol–water partition coefficient (Wildman–Crippen LogP) is 3.91. The Labute approximate surface area is 113 Å². The van der Waals surface area contributed by atoms with E-state index in [0.29, 0.717) is 6.04 Å². The van der Waals surface area contributed by atoms with Crippen molar-refractivity contribution in [3.63, 3.8) is 0 Å². The van der Waals surface area contributed by atoms with Crippen molar-refractivity contribution in [3.05, 3.63) is 34.3 Å². The summed E-state index contributed by atoms with van der Waals surface area (Å²) >= 11 is 3.49. The van der Waals surface area contributed by atoms with E-state index in [-0.39, 0.29) is 5.60 Å². The van der Waals surface area contributed by atoms with Crippen molar-refractivity contribution in [1.29, 1.82) is 0 Å². The smallest absolute Gasteiger partial charge is 0.0599 e. The Morgan fingerprint density at radius 2 is 2.06 bits per heavy atom. The SMILES string of the molecule is CC(NCCOC(C)(C)C)c1cccc(Br)c1. The van der Waals surface area contributed by atoms with Crippen LogP contribution >= 0.6 is 15.9 Å². The van der Waals surface area contributed by atoms with Gasteiger partial charge in [0.25, 0.3) is 0 Å². The molecular formula is C14H22BrNO. The summed E-state index contributed by atoms with van der Waals surface area (Å²) in [5.41, 5.74) is 1.23. The maximum Gasteiger partial charge on any atom is 0.0599 e. The fourth-order valence-corrected chi connectivity index (χ4v) is 1.94. The van der Waals surface area contributed by atoms with Crippen molar-refractivity contribution in [3.8, 4) is 0 Å². The molecule has 3 heteroatoms. The van der Waals surface area contributed by atoms with E-state index >= 15 is 0 Å². The van der Waals surface area contributed by atoms with Gasteiger partial charge in [-0.25, -0.2) is 0 Å². The molecular weight excluding hydrogens is 278 g/mol. The van der Waals surface area contributed by atoms with Crippen molar-refractivity contribution >= 4 is 15.9 Å². The molecule has 0 aliphatic heterocycles. The molecule has 0 aromatic heterocycles. The first-order valence-corrected chi connectivity index (χ1v) is 6.80. The van der Waals surface area contributed by atoms with Crippen LogP contribution in [0.2, 0.25) is 0 Å². The standard InChI is InChI=1S/C14H22BrNO/c1-11(12-6-5-7-13(15)10-12)16-8-9-17-14(2,3)4/h5-7,10-11,16H,8-9H2,1-4H3. The zero-order chi connectivity index (χ0) is 12.9. The summed E-state index contributed by atoms with van der Waals surface area (Å²) in [5.74, 6) is 0. The third-order valence-electron chi connectivity index (χ3n) is 2.44. The lowest BCUT2D eigenvalue weighted by atomic mass is 10.1. The van der Waals surface area contributed by atoms with Gasteiger partial charge in [0.1, 0.15) is 0 Å². The number of rotatable bonds is 5. The number of hydrogen-bond donors (Lipinski definition) is 1. The summed E-state index contributed by atoms with van der Waals surface area (Å²) in [4.78, 5) is 0. The summed E-state index contributed by atoms with van der Waals surface area (Å²) < 4.78 is 6.79. The van der Waals surface area contributed by atoms with E-state index in [1.807, 2.05) is 6.07 Å². The molecule has 0 heterocycles. The summed E-state index contributed by atoms with van der Waals surface area (Å²) in [6, 6.07) is 8.72. The summed E-state index contributed by atoms with van der Waals surface area (Å²) in [6.07, 6.45) is 0. The third-order valence-corrected chi connectivity index (χ3v) is 2.93. The Morgan fingerprint density at radius 1 is 1.35 bits per heavy atom. The van der Waals surface area contributed by atoms with Gasteiger partial charge in [-0.3, -0.25) is 0 Å². The van der Waals surface area contributed by atoms with Crippen molar-refractivity contribution in [1.82, 2.24) is 5.32 Å². The van der Waals surface area contributed by atoms with Crippen LogP contribution in [0.3, 0.4) is 0 Å². The van der Waals surface area contributed by atoms with E-state index in [1.54, 1.807) is 0 Å². The van der Waals surface area contributed by atoms with E-state index < -0.39 is 0 Å². The van der Waals surface area contributed by atoms with Gasteiger partial charge in [-0.15, -0.1) is 0 Å². The van der Waals surface area contributed by atoms with Crippen LogP contribution in [0.5, 0.6) is 0 Å². The first kappa shape index (κ1) is 14.7. The molecule has 1 atom stereocenters. The summed E-state index contributed by atoms with van der Waals surface area (Å²) in [6.45, 7) is 9.99. The topological polar surface area (TPSA) is 21.3 Å². The molecule has 0 aliphatic carbocycles. The molecule has 17 heavy (non-hydrogen) atoms. The van der Waals surface area contributed by atoms with E-state index in [9.17, 15) is 0 Å². The number of ether oxygens (including phenoxy) is 1. The normalized spacial score (nSPS) is 13.7. The molecule has 0 saturated heterocycles. The van der Waals surface area contributed by atoms with Crippen LogP contribution < -0.4 is 5.32 Å². The second-order valence-corrected chi connectivity index (χ2v) is 6.11. The molecule has 2 nitrogen and oxygen atoms in total. The minimum atomic E-state index is -0.0549. The van der Waals surface area contributed by atoms with Crippen LogP contribution in [0.1, 0.15) is 39.3 Å². The first-order chi connectivity index (χ1) is 7.88. The molecule has 96 valence electrons. The highest BCUT2D eigenvalue weighted by Gasteiger charge is 2.10. The highest BCUT2D eigenvalue weighted by molar-refractivity contribution is 9.10. The van der Waals surface area contributed by atoms with Crippen LogP contribution in [0, 0.1) is 0 Å². The fraction of sp³-hybridized carbons (Fsp3) is 0.571. The Kier molecular flexibility index (Phi) is 5.63. The highest BCUT2D eigenvalue weighted by Crippen LogP contribution is 2.17. The van der Waals surface area contributed by atoms with Gasteiger partial charge in [0, 0.05) is 17.1 Å². The highest BCUT2D eigenvalue weighted by atomic mass is 79.9. The van der Waals surface area contributed by atoms with Gasteiger partial charge in [0.2, 0.25) is 0 Å². The van der Waals surface area contributed by atoms with Gasteiger partial charge in [-0.1, -0.05) is 28.1 Å². The summed E-state index contributed by atoms with van der Waals surface area (Å²) in [5, 5.41) is 3.45. The molecule has 0 aliphatic rings. The van der Waals surface area contributed by atoms with Crippen molar-refractivity contribution < 1.29 is 4.74 Å². The molecule has 0 spiro atoms. The lowest BCUT2D eigenvalue weighted by Gasteiger charge is -2.21. The average Bonchev–Trinajstić information content (AvgIpc) is 2.23. The zero-order valence-electron chi connectivity index (χ0n) is 11.1. The van der Waals surface area contributed by atoms with E-state index in [1.165, 1.54) is 5.56 Å². The van der Waals surface area contributed by atoms with Crippen LogP contribution in [-0.2, 0) is 4.74 Å². The average molecular weight is 300 g/mol. The van der Waals surface area contributed by atoms with Crippen molar-refractivity contribution in [2.75, 3.05) is 13.2 Å². The largest absolute Gasteiger partial charge is 0.375 e. The van der Waals surface area contributed by atoms with E-state index in [2.05, 4.69) is 67.1 Å². The molecule has 0 amide bonds. The lowest BCUT2D eigenvalue weighted by Crippen LogP contribution is -2.28. The minimum Gasteiger partial charge on any atom is -0.375 e. The third kappa shape index (κ3) is 6.20. The van der Waals surface area contributed by atoms with Gasteiger partial charge >= 0.3 is 0 Å². The van der Waals surface area contributed by atoms with Gasteiger partial charge < -0.3 is 10.1 Å². The maximum atomic E-state index is 5.67. The molecule has 1 unspecified atom stereocenters. The summed E-state index contributed by atoms with van der Waals surface area (Å²) in [7, 11) is 0. The van der Waals surface area contributed by atoms with Crippen LogP contribution in [0.15, 0.2) is 28.7 Å². The lowest BCUT2D eigenvalue weighted by molar-refractivity contribution is -0.00149.